The van der Waals surface area contributed by atoms with Crippen molar-refractivity contribution in [2.75, 3.05) is 24.5 Å². The normalized spacial score (nSPS) is 23.2. The van der Waals surface area contributed by atoms with Crippen LogP contribution in [0.15, 0.2) is 46.9 Å². The smallest absolute Gasteiger partial charge is 0.336 e. The number of carboxylic acid groups (broad SMARTS) is 1. The zero-order chi connectivity index (χ0) is 21.8. The van der Waals surface area contributed by atoms with Crippen LogP contribution < -0.4 is 4.90 Å². The summed E-state index contributed by atoms with van der Waals surface area (Å²) in [5, 5.41) is 9.23. The predicted octanol–water partition coefficient (Wildman–Crippen LogP) is 6.08. The van der Waals surface area contributed by atoms with Crippen LogP contribution in [0.1, 0.15) is 73.0 Å². The molecule has 5 heteroatoms. The van der Waals surface area contributed by atoms with Gasteiger partial charge in [0.25, 0.3) is 0 Å². The van der Waals surface area contributed by atoms with Gasteiger partial charge in [0.1, 0.15) is 0 Å². The summed E-state index contributed by atoms with van der Waals surface area (Å²) >= 11 is 3.41. The molecule has 1 spiro atoms. The van der Waals surface area contributed by atoms with Crippen molar-refractivity contribution in [1.82, 2.24) is 4.90 Å². The van der Waals surface area contributed by atoms with Crippen LogP contribution in [-0.2, 0) is 0 Å². The molecule has 2 aliphatic heterocycles. The summed E-state index contributed by atoms with van der Waals surface area (Å²) in [4.78, 5) is 16.4. The summed E-state index contributed by atoms with van der Waals surface area (Å²) in [6, 6.07) is 15.9. The minimum Gasteiger partial charge on any atom is -0.478 e. The average molecular weight is 483 g/mol. The lowest BCUT2D eigenvalue weighted by molar-refractivity contribution is -0.0257. The first-order valence-electron chi connectivity index (χ1n) is 11.5. The molecule has 0 amide bonds. The Hall–Kier alpha value is -1.85. The fourth-order valence-electron chi connectivity index (χ4n) is 6.15. The number of halogens is 1. The second kappa shape index (κ2) is 7.93. The van der Waals surface area contributed by atoms with Gasteiger partial charge in [0.05, 0.1) is 5.56 Å². The summed E-state index contributed by atoms with van der Waals surface area (Å²) in [5.41, 5.74) is 4.96. The maximum atomic E-state index is 11.2. The molecule has 2 aromatic carbocycles. The van der Waals surface area contributed by atoms with Crippen molar-refractivity contribution in [2.45, 2.75) is 57.5 Å². The molecule has 1 unspecified atom stereocenters. The molecule has 1 atom stereocenters. The van der Waals surface area contributed by atoms with Crippen LogP contribution >= 0.6 is 15.9 Å². The Morgan fingerprint density at radius 1 is 1.16 bits per heavy atom. The lowest BCUT2D eigenvalue weighted by Crippen LogP contribution is -2.66. The van der Waals surface area contributed by atoms with Gasteiger partial charge in [-0.25, -0.2) is 4.79 Å². The van der Waals surface area contributed by atoms with E-state index in [1.165, 1.54) is 37.8 Å². The number of hydrogen-bond acceptors (Lipinski definition) is 3. The number of hydrogen-bond donors (Lipinski definition) is 1. The van der Waals surface area contributed by atoms with Crippen molar-refractivity contribution in [3.05, 3.63) is 63.6 Å². The molecule has 1 saturated carbocycles. The minimum atomic E-state index is -0.889. The molecule has 3 fully saturated rings. The molecule has 31 heavy (non-hydrogen) atoms. The van der Waals surface area contributed by atoms with E-state index in [0.717, 1.165) is 18.8 Å². The lowest BCUT2D eigenvalue weighted by Gasteiger charge is -2.62. The van der Waals surface area contributed by atoms with E-state index in [-0.39, 0.29) is 0 Å². The molecule has 3 aliphatic rings. The van der Waals surface area contributed by atoms with E-state index in [1.807, 2.05) is 12.1 Å². The summed E-state index contributed by atoms with van der Waals surface area (Å²) in [7, 11) is 0. The third kappa shape index (κ3) is 3.70. The highest BCUT2D eigenvalue weighted by molar-refractivity contribution is 9.10. The maximum absolute atomic E-state index is 11.2. The number of benzene rings is 2. The first-order chi connectivity index (χ1) is 14.9. The highest BCUT2D eigenvalue weighted by atomic mass is 79.9. The van der Waals surface area contributed by atoms with Gasteiger partial charge in [-0.05, 0) is 83.4 Å². The van der Waals surface area contributed by atoms with Gasteiger partial charge in [-0.15, -0.1) is 0 Å². The summed E-state index contributed by atoms with van der Waals surface area (Å²) in [5.74, 6) is -0.321. The van der Waals surface area contributed by atoms with Crippen LogP contribution in [0, 0.1) is 5.41 Å². The van der Waals surface area contributed by atoms with Crippen LogP contribution in [0.4, 0.5) is 5.69 Å². The first kappa shape index (κ1) is 21.0. The second-order valence-corrected chi connectivity index (χ2v) is 10.9. The Balaban J connectivity index is 1.23. The Morgan fingerprint density at radius 2 is 1.90 bits per heavy atom. The number of aromatic carboxylic acids is 1. The van der Waals surface area contributed by atoms with Crippen molar-refractivity contribution in [1.29, 1.82) is 0 Å². The number of nitrogens with zero attached hydrogens (tertiary/aromatic N) is 2. The van der Waals surface area contributed by atoms with E-state index in [9.17, 15) is 9.90 Å². The van der Waals surface area contributed by atoms with E-state index in [2.05, 4.69) is 63.8 Å². The van der Waals surface area contributed by atoms with Gasteiger partial charge in [-0.2, -0.15) is 0 Å². The highest BCUT2D eigenvalue weighted by Crippen LogP contribution is 2.54. The molecular weight excluding hydrogens is 452 g/mol. The molecule has 1 aliphatic carbocycles. The quantitative estimate of drug-likeness (QED) is 0.560. The molecular formula is C26H31BrN2O2. The fraction of sp³-hybridized carbons (Fsp3) is 0.500. The Labute approximate surface area is 193 Å². The first-order valence-corrected chi connectivity index (χ1v) is 12.3. The van der Waals surface area contributed by atoms with Gasteiger partial charge < -0.3 is 10.0 Å². The SMILES string of the molecule is CC(C)c1ccccc1C1CCCN1C1CC2(C1)CN(c1ccc(C(=O)O)c(Br)c1)C2. The zero-order valence-corrected chi connectivity index (χ0v) is 19.9. The summed E-state index contributed by atoms with van der Waals surface area (Å²) in [6.07, 6.45) is 5.16. The molecule has 164 valence electrons. The van der Waals surface area contributed by atoms with Crippen LogP contribution in [0.25, 0.3) is 0 Å². The molecule has 1 N–H and O–H groups in total. The Morgan fingerprint density at radius 3 is 2.58 bits per heavy atom. The second-order valence-electron chi connectivity index (χ2n) is 10.1. The van der Waals surface area contributed by atoms with E-state index in [4.69, 9.17) is 0 Å². The van der Waals surface area contributed by atoms with Crippen LogP contribution in [-0.4, -0.2) is 41.7 Å². The van der Waals surface area contributed by atoms with Crippen molar-refractivity contribution >= 4 is 27.6 Å². The molecule has 2 aromatic rings. The molecule has 0 bridgehead atoms. The molecule has 4 nitrogen and oxygen atoms in total. The largest absolute Gasteiger partial charge is 0.478 e. The van der Waals surface area contributed by atoms with Crippen LogP contribution in [0.5, 0.6) is 0 Å². The fourth-order valence-corrected chi connectivity index (χ4v) is 6.69. The van der Waals surface area contributed by atoms with Gasteiger partial charge >= 0.3 is 5.97 Å². The molecule has 5 rings (SSSR count). The Kier molecular flexibility index (Phi) is 5.38. The summed E-state index contributed by atoms with van der Waals surface area (Å²) in [6.45, 7) is 8.01. The minimum absolute atomic E-state index is 0.324. The molecule has 0 radical (unpaired) electrons. The molecule has 2 saturated heterocycles. The van der Waals surface area contributed by atoms with Crippen LogP contribution in [0.2, 0.25) is 0 Å². The average Bonchev–Trinajstić information content (AvgIpc) is 3.15. The highest BCUT2D eigenvalue weighted by Gasteiger charge is 2.55. The number of rotatable bonds is 5. The predicted molar refractivity (Wildman–Crippen MR) is 128 cm³/mol. The van der Waals surface area contributed by atoms with Gasteiger partial charge in [-0.1, -0.05) is 38.1 Å². The standard InChI is InChI=1S/C26H31BrN2O2/c1-17(2)20-6-3-4-7-21(20)24-8-5-11-29(24)19-13-26(14-19)15-28(16-26)18-9-10-22(25(30)31)23(27)12-18/h3-4,6-7,9-10,12,17,19,24H,5,8,11,13-16H2,1-2H3,(H,30,31). The van der Waals surface area contributed by atoms with E-state index < -0.39 is 5.97 Å². The van der Waals surface area contributed by atoms with E-state index >= 15 is 0 Å². The lowest BCUT2D eigenvalue weighted by atomic mass is 9.60. The molecule has 0 aromatic heterocycles. The number of anilines is 1. The monoisotopic (exact) mass is 482 g/mol. The van der Waals surface area contributed by atoms with Crippen molar-refractivity contribution in [2.24, 2.45) is 5.41 Å². The third-order valence-corrected chi connectivity index (χ3v) is 8.33. The van der Waals surface area contributed by atoms with Gasteiger partial charge in [0.2, 0.25) is 0 Å². The van der Waals surface area contributed by atoms with Gasteiger partial charge in [-0.3, -0.25) is 4.90 Å². The summed E-state index contributed by atoms with van der Waals surface area (Å²) < 4.78 is 0.661. The van der Waals surface area contributed by atoms with Crippen molar-refractivity contribution < 1.29 is 9.90 Å². The topological polar surface area (TPSA) is 43.8 Å². The Bertz CT molecular complexity index is 991. The van der Waals surface area contributed by atoms with Gasteiger partial charge in [0, 0.05) is 40.7 Å². The number of carboxylic acids is 1. The number of likely N-dealkylation sites (tertiary alicyclic amines) is 1. The van der Waals surface area contributed by atoms with Crippen molar-refractivity contribution in [3.63, 3.8) is 0 Å². The van der Waals surface area contributed by atoms with Crippen LogP contribution in [0.3, 0.4) is 0 Å². The van der Waals surface area contributed by atoms with Gasteiger partial charge in [0.15, 0.2) is 0 Å². The van der Waals surface area contributed by atoms with E-state index in [1.54, 1.807) is 11.6 Å². The molecule has 2 heterocycles. The number of carbonyl (C=O) groups is 1. The zero-order valence-electron chi connectivity index (χ0n) is 18.4. The maximum Gasteiger partial charge on any atom is 0.336 e. The van der Waals surface area contributed by atoms with Crippen molar-refractivity contribution in [3.8, 4) is 0 Å². The third-order valence-electron chi connectivity index (χ3n) is 7.68. The van der Waals surface area contributed by atoms with E-state index in [0.29, 0.717) is 33.5 Å².